The van der Waals surface area contributed by atoms with Crippen LogP contribution in [-0.2, 0) is 17.1 Å². The van der Waals surface area contributed by atoms with Crippen molar-refractivity contribution < 1.29 is 8.42 Å². The molecular formula is C15H21N3O2S. The lowest BCUT2D eigenvalue weighted by Gasteiger charge is -2.15. The van der Waals surface area contributed by atoms with Crippen LogP contribution in [0.1, 0.15) is 35.5 Å². The predicted octanol–water partition coefficient (Wildman–Crippen LogP) is 2.38. The van der Waals surface area contributed by atoms with Gasteiger partial charge in [-0.25, -0.2) is 13.1 Å². The Bertz CT molecular complexity index is 746. The third-order valence-electron chi connectivity index (χ3n) is 3.62. The molecule has 0 bridgehead atoms. The first-order chi connectivity index (χ1) is 9.72. The minimum atomic E-state index is -3.59. The molecule has 2 aromatic rings. The minimum absolute atomic E-state index is 0.268. The van der Waals surface area contributed by atoms with E-state index in [9.17, 15) is 8.42 Å². The fourth-order valence-corrected chi connectivity index (χ4v) is 4.03. The average Bonchev–Trinajstić information content (AvgIpc) is 2.63. The Labute approximate surface area is 126 Å². The summed E-state index contributed by atoms with van der Waals surface area (Å²) in [7, 11) is -1.85. The van der Waals surface area contributed by atoms with Crippen LogP contribution in [0.3, 0.4) is 0 Å². The second-order valence-corrected chi connectivity index (χ2v) is 7.03. The molecule has 0 saturated carbocycles. The van der Waals surface area contributed by atoms with Crippen LogP contribution in [0.2, 0.25) is 0 Å². The summed E-state index contributed by atoms with van der Waals surface area (Å²) in [6.45, 7) is 7.30. The van der Waals surface area contributed by atoms with E-state index in [2.05, 4.69) is 9.82 Å². The molecule has 6 heteroatoms. The third-order valence-corrected chi connectivity index (χ3v) is 5.41. The van der Waals surface area contributed by atoms with Crippen molar-refractivity contribution in [3.8, 4) is 0 Å². The molecule has 0 aliphatic rings. The lowest BCUT2D eigenvalue weighted by molar-refractivity contribution is 0.565. The predicted molar refractivity (Wildman–Crippen MR) is 82.6 cm³/mol. The van der Waals surface area contributed by atoms with Crippen LogP contribution in [0.15, 0.2) is 29.2 Å². The van der Waals surface area contributed by atoms with Gasteiger partial charge in [-0.2, -0.15) is 5.10 Å². The lowest BCUT2D eigenvalue weighted by Crippen LogP contribution is -2.27. The number of aryl methyl sites for hydroxylation is 3. The number of hydrogen-bond donors (Lipinski definition) is 1. The fourth-order valence-electron chi connectivity index (χ4n) is 2.36. The van der Waals surface area contributed by atoms with E-state index in [0.717, 1.165) is 11.1 Å². The van der Waals surface area contributed by atoms with Gasteiger partial charge in [-0.1, -0.05) is 29.8 Å². The van der Waals surface area contributed by atoms with Crippen LogP contribution in [0.25, 0.3) is 0 Å². The van der Waals surface area contributed by atoms with E-state index in [-0.39, 0.29) is 10.9 Å². The first-order valence-corrected chi connectivity index (χ1v) is 8.30. The second kappa shape index (κ2) is 5.61. The smallest absolute Gasteiger partial charge is 0.244 e. The number of aromatic nitrogens is 2. The molecule has 0 spiro atoms. The number of hydrogen-bond acceptors (Lipinski definition) is 3. The van der Waals surface area contributed by atoms with Gasteiger partial charge in [0.05, 0.1) is 11.4 Å². The number of sulfonamides is 1. The monoisotopic (exact) mass is 307 g/mol. The first kappa shape index (κ1) is 15.7. The fraction of sp³-hybridized carbons (Fsp3) is 0.400. The molecule has 0 aliphatic heterocycles. The van der Waals surface area contributed by atoms with Crippen molar-refractivity contribution in [3.63, 3.8) is 0 Å². The molecule has 1 aromatic heterocycles. The Morgan fingerprint density at radius 1 is 1.14 bits per heavy atom. The Morgan fingerprint density at radius 3 is 2.19 bits per heavy atom. The van der Waals surface area contributed by atoms with Crippen LogP contribution in [0, 0.1) is 20.8 Å². The molecule has 1 atom stereocenters. The number of nitrogens with zero attached hydrogens (tertiary/aromatic N) is 2. The zero-order valence-corrected chi connectivity index (χ0v) is 13.8. The van der Waals surface area contributed by atoms with Gasteiger partial charge in [0, 0.05) is 13.1 Å². The molecule has 0 radical (unpaired) electrons. The van der Waals surface area contributed by atoms with Gasteiger partial charge in [-0.05, 0) is 33.3 Å². The summed E-state index contributed by atoms with van der Waals surface area (Å²) >= 11 is 0. The summed E-state index contributed by atoms with van der Waals surface area (Å²) in [5.74, 6) is 0. The van der Waals surface area contributed by atoms with Crippen LogP contribution in [-0.4, -0.2) is 18.2 Å². The van der Waals surface area contributed by atoms with Crippen molar-refractivity contribution in [1.82, 2.24) is 14.5 Å². The number of benzene rings is 1. The average molecular weight is 307 g/mol. The molecule has 0 aliphatic carbocycles. The summed E-state index contributed by atoms with van der Waals surface area (Å²) in [5, 5.41) is 4.17. The van der Waals surface area contributed by atoms with Gasteiger partial charge in [-0.15, -0.1) is 0 Å². The largest absolute Gasteiger partial charge is 0.271 e. The van der Waals surface area contributed by atoms with Crippen molar-refractivity contribution in [2.75, 3.05) is 0 Å². The summed E-state index contributed by atoms with van der Waals surface area (Å²) in [4.78, 5) is 0.268. The summed E-state index contributed by atoms with van der Waals surface area (Å²) < 4.78 is 29.5. The SMILES string of the molecule is Cc1ccc(C(C)NS(=O)(=O)c2c(C)nn(C)c2C)cc1. The van der Waals surface area contributed by atoms with Gasteiger partial charge in [0.1, 0.15) is 4.90 Å². The molecule has 0 saturated heterocycles. The van der Waals surface area contributed by atoms with Gasteiger partial charge in [0.25, 0.3) is 0 Å². The summed E-state index contributed by atoms with van der Waals surface area (Å²) in [5.41, 5.74) is 3.23. The molecule has 0 fully saturated rings. The lowest BCUT2D eigenvalue weighted by atomic mass is 10.1. The molecule has 0 amide bonds. The van der Waals surface area contributed by atoms with Gasteiger partial charge in [0.2, 0.25) is 10.0 Å². The maximum absolute atomic E-state index is 12.6. The standard InChI is InChI=1S/C15H21N3O2S/c1-10-6-8-14(9-7-10)11(2)17-21(19,20)15-12(3)16-18(5)13(15)4/h6-9,11,17H,1-5H3. The molecule has 1 N–H and O–H groups in total. The normalized spacial score (nSPS) is 13.4. The highest BCUT2D eigenvalue weighted by molar-refractivity contribution is 7.89. The number of rotatable bonds is 4. The van der Waals surface area contributed by atoms with Gasteiger partial charge < -0.3 is 0 Å². The third kappa shape index (κ3) is 3.16. The Hall–Kier alpha value is -1.66. The molecule has 1 unspecified atom stereocenters. The van der Waals surface area contributed by atoms with Gasteiger partial charge in [0.15, 0.2) is 0 Å². The van der Waals surface area contributed by atoms with Crippen molar-refractivity contribution in [2.24, 2.45) is 7.05 Å². The van der Waals surface area contributed by atoms with Gasteiger partial charge in [-0.3, -0.25) is 4.68 Å². The zero-order valence-electron chi connectivity index (χ0n) is 13.0. The number of nitrogens with one attached hydrogen (secondary N) is 1. The Morgan fingerprint density at radius 2 is 1.71 bits per heavy atom. The molecular weight excluding hydrogens is 286 g/mol. The van der Waals surface area contributed by atoms with Gasteiger partial charge >= 0.3 is 0 Å². The van der Waals surface area contributed by atoms with E-state index in [0.29, 0.717) is 11.4 Å². The van der Waals surface area contributed by atoms with E-state index in [1.807, 2.05) is 38.1 Å². The zero-order chi connectivity index (χ0) is 15.8. The highest BCUT2D eigenvalue weighted by Crippen LogP contribution is 2.22. The van der Waals surface area contributed by atoms with Crippen molar-refractivity contribution in [1.29, 1.82) is 0 Å². The first-order valence-electron chi connectivity index (χ1n) is 6.81. The van der Waals surface area contributed by atoms with Crippen molar-refractivity contribution in [2.45, 2.75) is 38.6 Å². The van der Waals surface area contributed by atoms with Crippen LogP contribution >= 0.6 is 0 Å². The van der Waals surface area contributed by atoms with E-state index < -0.39 is 10.0 Å². The molecule has 1 heterocycles. The maximum Gasteiger partial charge on any atom is 0.244 e. The highest BCUT2D eigenvalue weighted by Gasteiger charge is 2.25. The molecule has 21 heavy (non-hydrogen) atoms. The van der Waals surface area contributed by atoms with E-state index >= 15 is 0 Å². The van der Waals surface area contributed by atoms with E-state index in [4.69, 9.17) is 0 Å². The summed E-state index contributed by atoms with van der Waals surface area (Å²) in [6.07, 6.45) is 0. The maximum atomic E-state index is 12.6. The second-order valence-electron chi connectivity index (χ2n) is 5.38. The molecule has 2 rings (SSSR count). The van der Waals surface area contributed by atoms with Crippen molar-refractivity contribution in [3.05, 3.63) is 46.8 Å². The van der Waals surface area contributed by atoms with Crippen LogP contribution < -0.4 is 4.72 Å². The minimum Gasteiger partial charge on any atom is -0.271 e. The molecule has 5 nitrogen and oxygen atoms in total. The Kier molecular flexibility index (Phi) is 4.20. The van der Waals surface area contributed by atoms with E-state index in [1.165, 1.54) is 0 Å². The Balaban J connectivity index is 2.31. The van der Waals surface area contributed by atoms with Crippen LogP contribution in [0.4, 0.5) is 0 Å². The topological polar surface area (TPSA) is 64.0 Å². The van der Waals surface area contributed by atoms with E-state index in [1.54, 1.807) is 25.6 Å². The summed E-state index contributed by atoms with van der Waals surface area (Å²) in [6, 6.07) is 7.52. The van der Waals surface area contributed by atoms with Crippen LogP contribution in [0.5, 0.6) is 0 Å². The molecule has 1 aromatic carbocycles. The highest BCUT2D eigenvalue weighted by atomic mass is 32.2. The molecule has 114 valence electrons. The van der Waals surface area contributed by atoms with Crippen molar-refractivity contribution >= 4 is 10.0 Å². The quantitative estimate of drug-likeness (QED) is 0.943.